The fraction of sp³-hybridized carbons (Fsp3) is 0.250. The van der Waals surface area contributed by atoms with E-state index in [0.717, 1.165) is 39.2 Å². The molecular formula is C20H21N5O2. The van der Waals surface area contributed by atoms with E-state index in [1.807, 2.05) is 27.1 Å². The minimum atomic E-state index is -0.119. The lowest BCUT2D eigenvalue weighted by Gasteiger charge is -2.13. The summed E-state index contributed by atoms with van der Waals surface area (Å²) < 4.78 is 8.75. The number of nitrogens with one attached hydrogen (secondary N) is 1. The summed E-state index contributed by atoms with van der Waals surface area (Å²) in [5.74, 6) is 0.776. The molecule has 0 saturated heterocycles. The smallest absolute Gasteiger partial charge is 0.271 e. The summed E-state index contributed by atoms with van der Waals surface area (Å²) in [6.07, 6.45) is 3.69. The molecule has 138 valence electrons. The first-order valence-electron chi connectivity index (χ1n) is 8.69. The summed E-state index contributed by atoms with van der Waals surface area (Å²) >= 11 is 0. The molecule has 0 atom stereocenters. The lowest BCUT2D eigenvalue weighted by atomic mass is 10.0. The van der Waals surface area contributed by atoms with Crippen LogP contribution in [0.15, 0.2) is 39.9 Å². The molecule has 0 saturated carbocycles. The molecule has 7 heteroatoms. The van der Waals surface area contributed by atoms with Gasteiger partial charge in [-0.05, 0) is 44.5 Å². The average molecular weight is 363 g/mol. The Balaban J connectivity index is 1.93. The van der Waals surface area contributed by atoms with E-state index >= 15 is 0 Å². The summed E-state index contributed by atoms with van der Waals surface area (Å²) in [4.78, 5) is 12.2. The van der Waals surface area contributed by atoms with Crippen LogP contribution in [-0.2, 0) is 14.1 Å². The highest BCUT2D eigenvalue weighted by molar-refractivity contribution is 5.98. The standard InChI is InChI=1S/C20H21N5O2/c1-11-17(10-21-25(5)20(11)26)22-16-8-14(19-12(2)23-27-13(19)3)9-18-15(16)6-7-24(18)4/h6-10,22H,1-5H3. The second-order valence-corrected chi connectivity index (χ2v) is 6.82. The Labute approximate surface area is 156 Å². The first-order valence-corrected chi connectivity index (χ1v) is 8.69. The van der Waals surface area contributed by atoms with Crippen LogP contribution in [-0.4, -0.2) is 19.5 Å². The fourth-order valence-electron chi connectivity index (χ4n) is 3.44. The van der Waals surface area contributed by atoms with Gasteiger partial charge >= 0.3 is 0 Å². The zero-order valence-electron chi connectivity index (χ0n) is 16.0. The predicted molar refractivity (Wildman–Crippen MR) is 105 cm³/mol. The Kier molecular flexibility index (Phi) is 3.87. The quantitative estimate of drug-likeness (QED) is 0.602. The third kappa shape index (κ3) is 2.71. The monoisotopic (exact) mass is 363 g/mol. The van der Waals surface area contributed by atoms with Crippen molar-refractivity contribution in [3.05, 3.63) is 58.0 Å². The van der Waals surface area contributed by atoms with Crippen LogP contribution in [0.1, 0.15) is 17.0 Å². The lowest BCUT2D eigenvalue weighted by Crippen LogP contribution is -2.22. The molecule has 0 amide bonds. The average Bonchev–Trinajstić information content (AvgIpc) is 3.18. The van der Waals surface area contributed by atoms with E-state index < -0.39 is 0 Å². The maximum absolute atomic E-state index is 12.2. The number of anilines is 2. The number of benzene rings is 1. The summed E-state index contributed by atoms with van der Waals surface area (Å²) in [5, 5.41) is 12.7. The molecule has 0 aliphatic heterocycles. The maximum atomic E-state index is 12.2. The molecule has 3 heterocycles. The molecule has 4 aromatic rings. The van der Waals surface area contributed by atoms with Crippen LogP contribution in [0.25, 0.3) is 22.0 Å². The highest BCUT2D eigenvalue weighted by Gasteiger charge is 2.16. The van der Waals surface area contributed by atoms with Crippen molar-refractivity contribution in [2.45, 2.75) is 20.8 Å². The van der Waals surface area contributed by atoms with E-state index in [9.17, 15) is 4.79 Å². The summed E-state index contributed by atoms with van der Waals surface area (Å²) in [5.41, 5.74) is 6.02. The van der Waals surface area contributed by atoms with Gasteiger partial charge in [0, 0.05) is 42.5 Å². The number of nitrogens with zero attached hydrogens (tertiary/aromatic N) is 4. The van der Waals surface area contributed by atoms with E-state index in [4.69, 9.17) is 4.52 Å². The van der Waals surface area contributed by atoms with Crippen molar-refractivity contribution in [3.63, 3.8) is 0 Å². The topological polar surface area (TPSA) is 77.9 Å². The Hall–Kier alpha value is -3.35. The minimum absolute atomic E-state index is 0.119. The molecule has 3 aromatic heterocycles. The normalized spacial score (nSPS) is 11.3. The zero-order valence-corrected chi connectivity index (χ0v) is 16.0. The Bertz CT molecular complexity index is 1210. The third-order valence-corrected chi connectivity index (χ3v) is 4.97. The van der Waals surface area contributed by atoms with E-state index in [0.29, 0.717) is 11.3 Å². The molecule has 0 aliphatic rings. The van der Waals surface area contributed by atoms with Crippen molar-refractivity contribution in [2.75, 3.05) is 5.32 Å². The van der Waals surface area contributed by atoms with E-state index in [1.54, 1.807) is 20.2 Å². The van der Waals surface area contributed by atoms with Crippen molar-refractivity contribution in [3.8, 4) is 11.1 Å². The van der Waals surface area contributed by atoms with Gasteiger partial charge in [0.1, 0.15) is 5.76 Å². The third-order valence-electron chi connectivity index (χ3n) is 4.97. The molecule has 0 radical (unpaired) electrons. The van der Waals surface area contributed by atoms with Crippen LogP contribution in [0.2, 0.25) is 0 Å². The SMILES string of the molecule is Cc1noc(C)c1-c1cc(Nc2cnn(C)c(=O)c2C)c2ccn(C)c2c1. The largest absolute Gasteiger partial charge is 0.361 e. The number of fused-ring (bicyclic) bond motifs is 1. The van der Waals surface area contributed by atoms with Crippen molar-refractivity contribution >= 4 is 22.3 Å². The highest BCUT2D eigenvalue weighted by Crippen LogP contribution is 2.35. The molecule has 4 rings (SSSR count). The van der Waals surface area contributed by atoms with Crippen LogP contribution >= 0.6 is 0 Å². The molecule has 0 unspecified atom stereocenters. The number of aromatic nitrogens is 4. The molecule has 1 N–H and O–H groups in total. The van der Waals surface area contributed by atoms with Crippen molar-refractivity contribution in [1.29, 1.82) is 0 Å². The van der Waals surface area contributed by atoms with Gasteiger partial charge < -0.3 is 14.4 Å². The molecule has 7 nitrogen and oxygen atoms in total. The first kappa shape index (κ1) is 17.1. The van der Waals surface area contributed by atoms with E-state index in [2.05, 4.69) is 38.3 Å². The Morgan fingerprint density at radius 3 is 2.59 bits per heavy atom. The molecule has 0 aliphatic carbocycles. The van der Waals surface area contributed by atoms with Crippen molar-refractivity contribution in [2.24, 2.45) is 14.1 Å². The zero-order chi connectivity index (χ0) is 19.3. The molecule has 27 heavy (non-hydrogen) atoms. The molecule has 0 fully saturated rings. The van der Waals surface area contributed by atoms with Crippen molar-refractivity contribution in [1.82, 2.24) is 19.5 Å². The van der Waals surface area contributed by atoms with Gasteiger partial charge in [0.05, 0.1) is 23.1 Å². The second-order valence-electron chi connectivity index (χ2n) is 6.82. The van der Waals surface area contributed by atoms with Crippen LogP contribution < -0.4 is 10.9 Å². The van der Waals surface area contributed by atoms with Crippen LogP contribution in [0.3, 0.4) is 0 Å². The molecule has 1 aromatic carbocycles. The van der Waals surface area contributed by atoms with Crippen LogP contribution in [0.5, 0.6) is 0 Å². The van der Waals surface area contributed by atoms with Gasteiger partial charge in [-0.15, -0.1) is 0 Å². The number of hydrogen-bond acceptors (Lipinski definition) is 5. The van der Waals surface area contributed by atoms with Gasteiger partial charge in [0.15, 0.2) is 0 Å². The van der Waals surface area contributed by atoms with Crippen LogP contribution in [0, 0.1) is 20.8 Å². The molecule has 0 bridgehead atoms. The second kappa shape index (κ2) is 6.12. The van der Waals surface area contributed by atoms with Gasteiger partial charge in [-0.2, -0.15) is 5.10 Å². The summed E-state index contributed by atoms with van der Waals surface area (Å²) in [6, 6.07) is 6.24. The van der Waals surface area contributed by atoms with Crippen molar-refractivity contribution < 1.29 is 4.52 Å². The number of rotatable bonds is 3. The Morgan fingerprint density at radius 1 is 1.11 bits per heavy atom. The van der Waals surface area contributed by atoms with E-state index in [-0.39, 0.29) is 5.56 Å². The van der Waals surface area contributed by atoms with Gasteiger partial charge in [-0.25, -0.2) is 4.68 Å². The van der Waals surface area contributed by atoms with Gasteiger partial charge in [0.25, 0.3) is 5.56 Å². The Morgan fingerprint density at radius 2 is 1.89 bits per heavy atom. The first-order chi connectivity index (χ1) is 12.9. The summed E-state index contributed by atoms with van der Waals surface area (Å²) in [7, 11) is 3.65. The minimum Gasteiger partial charge on any atom is -0.361 e. The molecular weight excluding hydrogens is 342 g/mol. The van der Waals surface area contributed by atoms with Gasteiger partial charge in [-0.1, -0.05) is 5.16 Å². The predicted octanol–water partition coefficient (Wildman–Crippen LogP) is 3.60. The van der Waals surface area contributed by atoms with E-state index in [1.165, 1.54) is 4.68 Å². The lowest BCUT2D eigenvalue weighted by molar-refractivity contribution is 0.393. The highest BCUT2D eigenvalue weighted by atomic mass is 16.5. The maximum Gasteiger partial charge on any atom is 0.271 e. The van der Waals surface area contributed by atoms with Gasteiger partial charge in [0.2, 0.25) is 0 Å². The number of aryl methyl sites for hydroxylation is 4. The van der Waals surface area contributed by atoms with Crippen LogP contribution in [0.4, 0.5) is 11.4 Å². The number of hydrogen-bond donors (Lipinski definition) is 1. The van der Waals surface area contributed by atoms with Gasteiger partial charge in [-0.3, -0.25) is 4.79 Å². The molecule has 0 spiro atoms. The summed E-state index contributed by atoms with van der Waals surface area (Å²) in [6.45, 7) is 5.64. The fourth-order valence-corrected chi connectivity index (χ4v) is 3.44.